The monoisotopic (exact) mass is 382 g/mol. The van der Waals surface area contributed by atoms with Crippen molar-refractivity contribution in [3.8, 4) is 0 Å². The van der Waals surface area contributed by atoms with Crippen LogP contribution in [0.15, 0.2) is 0 Å². The Labute approximate surface area is 151 Å². The van der Waals surface area contributed by atoms with Crippen molar-refractivity contribution in [3.63, 3.8) is 0 Å². The summed E-state index contributed by atoms with van der Waals surface area (Å²) in [6.07, 6.45) is -10.5. The molecule has 6 N–H and O–H groups in total. The largest absolute Gasteiger partial charge is 0.394 e. The highest BCUT2D eigenvalue weighted by Crippen LogP contribution is 2.26. The highest BCUT2D eigenvalue weighted by molar-refractivity contribution is 4.90. The van der Waals surface area contributed by atoms with Gasteiger partial charge < -0.3 is 49.6 Å². The standard InChI is InChI=1S/C16H30O10/c1-3-7(2)5-23-16-14(22)12(20)11(19)9(26-16)6-24-15-13(21)10(18)8(4-17)25-15/h7-22H,3-6H2,1-2H3/t7-,8+,9-,10+,11-,12+,13-,14-,15+,16-/m0/s1. The molecule has 2 heterocycles. The topological polar surface area (TPSA) is 158 Å². The van der Waals surface area contributed by atoms with Crippen LogP contribution in [0.2, 0.25) is 0 Å². The van der Waals surface area contributed by atoms with E-state index < -0.39 is 61.9 Å². The summed E-state index contributed by atoms with van der Waals surface area (Å²) in [6, 6.07) is 0. The summed E-state index contributed by atoms with van der Waals surface area (Å²) in [5.74, 6) is 0.225. The van der Waals surface area contributed by atoms with Gasteiger partial charge in [-0.3, -0.25) is 0 Å². The van der Waals surface area contributed by atoms with Gasteiger partial charge >= 0.3 is 0 Å². The molecule has 0 unspecified atom stereocenters. The second-order valence-corrected chi connectivity index (χ2v) is 6.90. The molecule has 2 aliphatic heterocycles. The number of ether oxygens (including phenoxy) is 4. The lowest BCUT2D eigenvalue weighted by molar-refractivity contribution is -0.311. The molecule has 0 amide bonds. The number of rotatable bonds is 8. The van der Waals surface area contributed by atoms with Crippen LogP contribution in [-0.2, 0) is 18.9 Å². The first kappa shape index (κ1) is 21.9. The molecule has 0 saturated carbocycles. The molecule has 2 aliphatic rings. The fourth-order valence-electron chi connectivity index (χ4n) is 2.76. The summed E-state index contributed by atoms with van der Waals surface area (Å²) < 4.78 is 21.5. The Kier molecular flexibility index (Phi) is 8.16. The molecule has 2 rings (SSSR count). The molecule has 0 spiro atoms. The quantitative estimate of drug-likeness (QED) is 0.261. The predicted octanol–water partition coefficient (Wildman–Crippen LogP) is -2.69. The molecule has 0 radical (unpaired) electrons. The van der Waals surface area contributed by atoms with E-state index in [-0.39, 0.29) is 12.5 Å². The Morgan fingerprint density at radius 3 is 1.92 bits per heavy atom. The number of aliphatic hydroxyl groups is 6. The SMILES string of the molecule is CC[C@H](C)CO[C@H]1O[C@@H](CO[C@@H]2O[C@H](CO)[C@@H](O)[C@@H]2O)[C@H](O)[C@@H](O)[C@@H]1O. The Morgan fingerprint density at radius 1 is 0.808 bits per heavy atom. The van der Waals surface area contributed by atoms with Gasteiger partial charge in [0, 0.05) is 0 Å². The molecular formula is C16H30O10. The van der Waals surface area contributed by atoms with Crippen molar-refractivity contribution in [2.75, 3.05) is 19.8 Å². The molecule has 0 aromatic heterocycles. The maximum absolute atomic E-state index is 10.1. The van der Waals surface area contributed by atoms with Crippen LogP contribution >= 0.6 is 0 Å². The van der Waals surface area contributed by atoms with Crippen molar-refractivity contribution in [2.24, 2.45) is 5.92 Å². The van der Waals surface area contributed by atoms with E-state index in [0.29, 0.717) is 6.61 Å². The molecule has 154 valence electrons. The molecule has 0 aromatic rings. The van der Waals surface area contributed by atoms with Crippen molar-refractivity contribution in [3.05, 3.63) is 0 Å². The third kappa shape index (κ3) is 4.90. The zero-order chi connectivity index (χ0) is 19.4. The van der Waals surface area contributed by atoms with Crippen molar-refractivity contribution in [1.29, 1.82) is 0 Å². The van der Waals surface area contributed by atoms with E-state index >= 15 is 0 Å². The molecule has 10 atom stereocenters. The number of hydrogen-bond donors (Lipinski definition) is 6. The van der Waals surface area contributed by atoms with Crippen LogP contribution in [0.25, 0.3) is 0 Å². The summed E-state index contributed by atoms with van der Waals surface area (Å²) >= 11 is 0. The van der Waals surface area contributed by atoms with Gasteiger partial charge in [-0.15, -0.1) is 0 Å². The summed E-state index contributed by atoms with van der Waals surface area (Å²) in [5, 5.41) is 58.7. The summed E-state index contributed by atoms with van der Waals surface area (Å²) in [5.41, 5.74) is 0. The molecule has 0 bridgehead atoms. The molecule has 10 nitrogen and oxygen atoms in total. The third-order valence-electron chi connectivity index (χ3n) is 4.83. The zero-order valence-electron chi connectivity index (χ0n) is 14.9. The van der Waals surface area contributed by atoms with Gasteiger partial charge in [-0.05, 0) is 5.92 Å². The van der Waals surface area contributed by atoms with E-state index in [0.717, 1.165) is 6.42 Å². The van der Waals surface area contributed by atoms with E-state index in [1.54, 1.807) is 0 Å². The van der Waals surface area contributed by atoms with E-state index in [1.165, 1.54) is 0 Å². The Balaban J connectivity index is 1.90. The second kappa shape index (κ2) is 9.69. The minimum absolute atomic E-state index is 0.225. The van der Waals surface area contributed by atoms with Gasteiger partial charge in [0.1, 0.15) is 42.7 Å². The Bertz CT molecular complexity index is 424. The van der Waals surface area contributed by atoms with Crippen LogP contribution < -0.4 is 0 Å². The van der Waals surface area contributed by atoms with Crippen molar-refractivity contribution in [2.45, 2.75) is 75.6 Å². The van der Waals surface area contributed by atoms with Crippen molar-refractivity contribution in [1.82, 2.24) is 0 Å². The van der Waals surface area contributed by atoms with Crippen molar-refractivity contribution < 1.29 is 49.6 Å². The maximum Gasteiger partial charge on any atom is 0.186 e. The first-order valence-corrected chi connectivity index (χ1v) is 8.85. The summed E-state index contributed by atoms with van der Waals surface area (Å²) in [7, 11) is 0. The average Bonchev–Trinajstić information content (AvgIpc) is 2.92. The molecular weight excluding hydrogens is 352 g/mol. The van der Waals surface area contributed by atoms with E-state index in [2.05, 4.69) is 0 Å². The van der Waals surface area contributed by atoms with Crippen molar-refractivity contribution >= 4 is 0 Å². The Hall–Kier alpha value is -0.400. The van der Waals surface area contributed by atoms with E-state index in [1.807, 2.05) is 13.8 Å². The number of hydrogen-bond acceptors (Lipinski definition) is 10. The van der Waals surface area contributed by atoms with E-state index in [4.69, 9.17) is 24.1 Å². The normalized spacial score (nSPS) is 45.0. The van der Waals surface area contributed by atoms with Gasteiger partial charge in [0.25, 0.3) is 0 Å². The molecule has 2 saturated heterocycles. The van der Waals surface area contributed by atoms with Crippen LogP contribution in [0.1, 0.15) is 20.3 Å². The first-order valence-electron chi connectivity index (χ1n) is 8.85. The van der Waals surface area contributed by atoms with Crippen LogP contribution in [0.5, 0.6) is 0 Å². The smallest absolute Gasteiger partial charge is 0.186 e. The molecule has 0 aromatic carbocycles. The van der Waals surface area contributed by atoms with Crippen LogP contribution in [-0.4, -0.2) is 106 Å². The lowest BCUT2D eigenvalue weighted by Crippen LogP contribution is -2.59. The molecule has 2 fully saturated rings. The van der Waals surface area contributed by atoms with Gasteiger partial charge in [-0.2, -0.15) is 0 Å². The molecule has 26 heavy (non-hydrogen) atoms. The summed E-state index contributed by atoms with van der Waals surface area (Å²) in [6.45, 7) is 3.48. The third-order valence-corrected chi connectivity index (χ3v) is 4.83. The lowest BCUT2D eigenvalue weighted by atomic mass is 9.99. The zero-order valence-corrected chi connectivity index (χ0v) is 14.9. The van der Waals surface area contributed by atoms with Gasteiger partial charge in [0.05, 0.1) is 19.8 Å². The van der Waals surface area contributed by atoms with Crippen LogP contribution in [0, 0.1) is 5.92 Å². The fourth-order valence-corrected chi connectivity index (χ4v) is 2.76. The lowest BCUT2D eigenvalue weighted by Gasteiger charge is -2.40. The van der Waals surface area contributed by atoms with Crippen LogP contribution in [0.3, 0.4) is 0 Å². The molecule has 10 heteroatoms. The Morgan fingerprint density at radius 2 is 1.35 bits per heavy atom. The van der Waals surface area contributed by atoms with Gasteiger partial charge in [0.2, 0.25) is 0 Å². The molecule has 0 aliphatic carbocycles. The number of aliphatic hydroxyl groups excluding tert-OH is 6. The van der Waals surface area contributed by atoms with Gasteiger partial charge in [-0.1, -0.05) is 20.3 Å². The second-order valence-electron chi connectivity index (χ2n) is 6.90. The highest BCUT2D eigenvalue weighted by atomic mass is 16.7. The maximum atomic E-state index is 10.1. The minimum atomic E-state index is -1.50. The van der Waals surface area contributed by atoms with Gasteiger partial charge in [-0.25, -0.2) is 0 Å². The fraction of sp³-hybridized carbons (Fsp3) is 1.00. The van der Waals surface area contributed by atoms with E-state index in [9.17, 15) is 25.5 Å². The van der Waals surface area contributed by atoms with Gasteiger partial charge in [0.15, 0.2) is 12.6 Å². The average molecular weight is 382 g/mol. The summed E-state index contributed by atoms with van der Waals surface area (Å²) in [4.78, 5) is 0. The van der Waals surface area contributed by atoms with Crippen LogP contribution in [0.4, 0.5) is 0 Å². The minimum Gasteiger partial charge on any atom is -0.394 e. The first-order chi connectivity index (χ1) is 12.3. The predicted molar refractivity (Wildman–Crippen MR) is 85.8 cm³/mol. The highest BCUT2D eigenvalue weighted by Gasteiger charge is 2.47.